The number of aliphatic imine (C=N–C) groups is 1. The fourth-order valence-corrected chi connectivity index (χ4v) is 5.08. The summed E-state index contributed by atoms with van der Waals surface area (Å²) in [5, 5.41) is 3.13. The first-order valence-electron chi connectivity index (χ1n) is 12.5. The third-order valence-electron chi connectivity index (χ3n) is 6.43. The fourth-order valence-electron chi connectivity index (χ4n) is 4.18. The Labute approximate surface area is 226 Å². The molecule has 3 heterocycles. The molecule has 0 saturated heterocycles. The van der Waals surface area contributed by atoms with E-state index in [1.807, 2.05) is 43.3 Å². The summed E-state index contributed by atoms with van der Waals surface area (Å²) < 4.78 is 1.50. The van der Waals surface area contributed by atoms with Crippen molar-refractivity contribution in [2.24, 2.45) is 4.99 Å². The number of benzene rings is 1. The molecule has 0 aliphatic heterocycles. The van der Waals surface area contributed by atoms with Crippen LogP contribution in [0.25, 0.3) is 5.69 Å². The molecule has 196 valence electrons. The first-order chi connectivity index (χ1) is 18.0. The Bertz CT molecular complexity index is 1530. The molecule has 0 aliphatic rings. The molecular weight excluding hydrogens is 496 g/mol. The highest BCUT2D eigenvalue weighted by molar-refractivity contribution is 7.16. The van der Waals surface area contributed by atoms with E-state index in [2.05, 4.69) is 35.8 Å². The zero-order chi connectivity index (χ0) is 27.4. The van der Waals surface area contributed by atoms with Gasteiger partial charge in [0.05, 0.1) is 21.0 Å². The maximum atomic E-state index is 13.2. The second kappa shape index (κ2) is 11.2. The lowest BCUT2D eigenvalue weighted by atomic mass is 9.87. The number of nitrogens with one attached hydrogen (secondary N) is 1. The summed E-state index contributed by atoms with van der Waals surface area (Å²) in [5.74, 6) is -0.182. The maximum Gasteiger partial charge on any atom is 0.280 e. The molecular formula is C30H32N4O3S. The summed E-state index contributed by atoms with van der Waals surface area (Å²) in [6.07, 6.45) is 4.41. The minimum absolute atomic E-state index is 0.00424. The summed E-state index contributed by atoms with van der Waals surface area (Å²) in [4.78, 5) is 48.0. The molecule has 0 aliphatic carbocycles. The Morgan fingerprint density at radius 1 is 0.974 bits per heavy atom. The smallest absolute Gasteiger partial charge is 0.280 e. The van der Waals surface area contributed by atoms with Gasteiger partial charge >= 0.3 is 0 Å². The Morgan fingerprint density at radius 3 is 2.24 bits per heavy atom. The Morgan fingerprint density at radius 2 is 1.61 bits per heavy atom. The number of aromatic amines is 1. The second-order valence-corrected chi connectivity index (χ2v) is 11.4. The lowest BCUT2D eigenvalue weighted by molar-refractivity contribution is 0.0984. The van der Waals surface area contributed by atoms with Gasteiger partial charge in [-0.3, -0.25) is 29.5 Å². The number of carbonyl (C=O) groups excluding carboxylic acids is 2. The van der Waals surface area contributed by atoms with Crippen LogP contribution in [0.2, 0.25) is 0 Å². The van der Waals surface area contributed by atoms with Gasteiger partial charge in [0.2, 0.25) is 0 Å². The molecule has 3 aromatic heterocycles. The van der Waals surface area contributed by atoms with Crippen LogP contribution in [0.5, 0.6) is 0 Å². The summed E-state index contributed by atoms with van der Waals surface area (Å²) in [7, 11) is 0. The van der Waals surface area contributed by atoms with Gasteiger partial charge in [0.15, 0.2) is 11.6 Å². The van der Waals surface area contributed by atoms with E-state index in [4.69, 9.17) is 0 Å². The lowest BCUT2D eigenvalue weighted by Gasteiger charge is -2.19. The largest absolute Gasteiger partial charge is 0.295 e. The second-order valence-electron chi connectivity index (χ2n) is 10.3. The predicted molar refractivity (Wildman–Crippen MR) is 152 cm³/mol. The lowest BCUT2D eigenvalue weighted by Crippen LogP contribution is -2.20. The molecule has 1 N–H and O–H groups in total. The summed E-state index contributed by atoms with van der Waals surface area (Å²) in [5.41, 5.74) is 4.41. The van der Waals surface area contributed by atoms with Gasteiger partial charge in [0.25, 0.3) is 5.56 Å². The summed E-state index contributed by atoms with van der Waals surface area (Å²) in [6.45, 7) is 9.89. The van der Waals surface area contributed by atoms with Gasteiger partial charge in [-0.25, -0.2) is 4.68 Å². The average Bonchev–Trinajstić information content (AvgIpc) is 3.50. The van der Waals surface area contributed by atoms with E-state index in [0.29, 0.717) is 39.6 Å². The van der Waals surface area contributed by atoms with E-state index in [0.717, 1.165) is 11.3 Å². The van der Waals surface area contributed by atoms with Crippen LogP contribution >= 0.6 is 11.3 Å². The van der Waals surface area contributed by atoms with Gasteiger partial charge in [-0.2, -0.15) is 0 Å². The van der Waals surface area contributed by atoms with E-state index < -0.39 is 0 Å². The quantitative estimate of drug-likeness (QED) is 0.221. The van der Waals surface area contributed by atoms with Crippen molar-refractivity contribution in [1.29, 1.82) is 0 Å². The van der Waals surface area contributed by atoms with Gasteiger partial charge < -0.3 is 0 Å². The van der Waals surface area contributed by atoms with E-state index in [9.17, 15) is 14.4 Å². The van der Waals surface area contributed by atoms with Crippen LogP contribution < -0.4 is 5.56 Å². The molecule has 7 nitrogen and oxygen atoms in total. The normalized spacial score (nSPS) is 12.1. The molecule has 4 rings (SSSR count). The number of ketones is 2. The molecule has 0 spiro atoms. The van der Waals surface area contributed by atoms with Crippen LogP contribution in [-0.2, 0) is 11.8 Å². The molecule has 1 aromatic carbocycles. The zero-order valence-corrected chi connectivity index (χ0v) is 23.2. The van der Waals surface area contributed by atoms with Crippen LogP contribution in [0.1, 0.15) is 75.8 Å². The number of H-pyrrole nitrogens is 1. The number of pyridine rings is 1. The van der Waals surface area contributed by atoms with Crippen molar-refractivity contribution in [1.82, 2.24) is 14.8 Å². The number of rotatable bonds is 9. The molecule has 0 amide bonds. The van der Waals surface area contributed by atoms with Gasteiger partial charge in [0.1, 0.15) is 6.54 Å². The third kappa shape index (κ3) is 6.14. The number of carbonyl (C=O) groups is 2. The minimum atomic E-state index is -0.210. The molecule has 0 radical (unpaired) electrons. The van der Waals surface area contributed by atoms with Crippen LogP contribution in [0.15, 0.2) is 70.7 Å². The maximum absolute atomic E-state index is 13.2. The molecule has 0 bridgehead atoms. The Kier molecular flexibility index (Phi) is 8.02. The van der Waals surface area contributed by atoms with Crippen LogP contribution in [0, 0.1) is 6.92 Å². The standard InChI is InChI=1S/C30H32N4O3S/c1-19(28-20(2)33-34(29(28)37)23-9-7-22(8-10-23)30(3,4)5)32-18-25(36)27-13-12-26(38-27)24(35)11-6-21-14-16-31-17-15-21/h7-10,12-17,33H,6,11,18H2,1-5H3. The van der Waals surface area contributed by atoms with Gasteiger partial charge in [-0.1, -0.05) is 32.9 Å². The average molecular weight is 529 g/mol. The monoisotopic (exact) mass is 528 g/mol. The highest BCUT2D eigenvalue weighted by Gasteiger charge is 2.18. The topological polar surface area (TPSA) is 97.2 Å². The van der Waals surface area contributed by atoms with Gasteiger partial charge in [0, 0.05) is 30.2 Å². The van der Waals surface area contributed by atoms with Crippen molar-refractivity contribution < 1.29 is 9.59 Å². The molecule has 8 heteroatoms. The van der Waals surface area contributed by atoms with Crippen molar-refractivity contribution in [2.45, 2.75) is 52.9 Å². The predicted octanol–water partition coefficient (Wildman–Crippen LogP) is 5.74. The number of nitrogens with zero attached hydrogens (tertiary/aromatic N) is 3. The van der Waals surface area contributed by atoms with E-state index in [1.54, 1.807) is 31.5 Å². The summed E-state index contributed by atoms with van der Waals surface area (Å²) in [6, 6.07) is 15.0. The van der Waals surface area contributed by atoms with Crippen LogP contribution in [-0.4, -0.2) is 38.6 Å². The summed E-state index contributed by atoms with van der Waals surface area (Å²) >= 11 is 1.19. The minimum Gasteiger partial charge on any atom is -0.295 e. The molecule has 0 saturated carbocycles. The zero-order valence-electron chi connectivity index (χ0n) is 22.4. The van der Waals surface area contributed by atoms with E-state index in [1.165, 1.54) is 21.6 Å². The third-order valence-corrected chi connectivity index (χ3v) is 7.60. The molecule has 0 atom stereocenters. The van der Waals surface area contributed by atoms with Crippen molar-refractivity contribution >= 4 is 28.6 Å². The Balaban J connectivity index is 1.43. The SMILES string of the molecule is CC(=NCC(=O)c1ccc(C(=O)CCc2ccncc2)s1)c1c(C)[nH]n(-c2ccc(C(C)(C)C)cc2)c1=O. The number of aromatic nitrogens is 3. The van der Waals surface area contributed by atoms with Crippen LogP contribution in [0.4, 0.5) is 0 Å². The Hall–Kier alpha value is -3.91. The highest BCUT2D eigenvalue weighted by atomic mass is 32.1. The number of thiophene rings is 1. The molecule has 4 aromatic rings. The highest BCUT2D eigenvalue weighted by Crippen LogP contribution is 2.23. The fraction of sp³-hybridized carbons (Fsp3) is 0.300. The molecule has 0 unspecified atom stereocenters. The molecule has 38 heavy (non-hydrogen) atoms. The van der Waals surface area contributed by atoms with Gasteiger partial charge in [-0.15, -0.1) is 11.3 Å². The van der Waals surface area contributed by atoms with E-state index in [-0.39, 0.29) is 29.1 Å². The number of hydrogen-bond acceptors (Lipinski definition) is 6. The van der Waals surface area contributed by atoms with Crippen molar-refractivity contribution in [3.8, 4) is 5.69 Å². The first kappa shape index (κ1) is 27.1. The van der Waals surface area contributed by atoms with E-state index >= 15 is 0 Å². The first-order valence-corrected chi connectivity index (χ1v) is 13.4. The van der Waals surface area contributed by atoms with Crippen molar-refractivity contribution in [2.75, 3.05) is 6.54 Å². The van der Waals surface area contributed by atoms with Crippen molar-refractivity contribution in [3.63, 3.8) is 0 Å². The van der Waals surface area contributed by atoms with Crippen LogP contribution in [0.3, 0.4) is 0 Å². The number of hydrogen-bond donors (Lipinski definition) is 1. The van der Waals surface area contributed by atoms with Crippen molar-refractivity contribution in [3.05, 3.63) is 103 Å². The molecule has 0 fully saturated rings. The number of Topliss-reactive ketones (excluding diaryl/α,β-unsaturated/α-hetero) is 2. The van der Waals surface area contributed by atoms with Gasteiger partial charge in [-0.05, 0) is 73.2 Å². The number of aryl methyl sites for hydroxylation is 2.